The number of rotatable bonds is 8. The molecule has 0 fully saturated rings. The summed E-state index contributed by atoms with van der Waals surface area (Å²) in [6.45, 7) is 3.72. The third-order valence-electron chi connectivity index (χ3n) is 5.91. The number of aliphatic carboxylic acids is 1. The van der Waals surface area contributed by atoms with Gasteiger partial charge in [-0.3, -0.25) is 14.8 Å². The van der Waals surface area contributed by atoms with Gasteiger partial charge in [-0.15, -0.1) is 0 Å². The Morgan fingerprint density at radius 1 is 1.34 bits per heavy atom. The molecule has 0 aromatic carbocycles. The molecule has 0 aliphatic rings. The molecule has 35 heavy (non-hydrogen) atoms. The summed E-state index contributed by atoms with van der Waals surface area (Å²) >= 11 is 6.16. The number of carbonyl (C=O) groups is 1. The second-order valence-corrected chi connectivity index (χ2v) is 9.06. The first-order chi connectivity index (χ1) is 16.7. The molecule has 3 N–H and O–H groups in total. The number of nitrogens with zero attached hydrogens (tertiary/aromatic N) is 4. The quantitative estimate of drug-likeness (QED) is 0.294. The van der Waals surface area contributed by atoms with Gasteiger partial charge in [-0.1, -0.05) is 31.5 Å². The van der Waals surface area contributed by atoms with Crippen molar-refractivity contribution in [2.24, 2.45) is 4.99 Å². The second kappa shape index (κ2) is 9.79. The van der Waals surface area contributed by atoms with Crippen LogP contribution in [0.1, 0.15) is 31.5 Å². The minimum absolute atomic E-state index is 0.0761. The van der Waals surface area contributed by atoms with Gasteiger partial charge >= 0.3 is 5.97 Å². The van der Waals surface area contributed by atoms with E-state index in [0.717, 1.165) is 0 Å². The van der Waals surface area contributed by atoms with Crippen LogP contribution in [-0.2, 0) is 10.2 Å². The predicted molar refractivity (Wildman–Crippen MR) is 135 cm³/mol. The van der Waals surface area contributed by atoms with Crippen LogP contribution >= 0.6 is 11.6 Å². The largest absolute Gasteiger partial charge is 0.481 e. The van der Waals surface area contributed by atoms with Crippen LogP contribution in [0.2, 0.25) is 5.02 Å². The molecule has 180 valence electrons. The van der Waals surface area contributed by atoms with Crippen LogP contribution in [0.25, 0.3) is 22.3 Å². The average molecular weight is 495 g/mol. The lowest BCUT2D eigenvalue weighted by molar-refractivity contribution is -0.137. The maximum absolute atomic E-state index is 15.3. The number of anilines is 1. The molecule has 4 aromatic heterocycles. The van der Waals surface area contributed by atoms with Gasteiger partial charge in [-0.25, -0.2) is 14.4 Å². The number of aromatic nitrogens is 4. The molecule has 4 aromatic rings. The van der Waals surface area contributed by atoms with Crippen molar-refractivity contribution in [3.8, 4) is 11.3 Å². The zero-order valence-corrected chi connectivity index (χ0v) is 20.1. The first-order valence-corrected chi connectivity index (χ1v) is 11.2. The van der Waals surface area contributed by atoms with Gasteiger partial charge in [0.05, 0.1) is 17.1 Å². The molecule has 4 rings (SSSR count). The zero-order valence-electron chi connectivity index (χ0n) is 19.4. The number of halogens is 2. The van der Waals surface area contributed by atoms with Crippen molar-refractivity contribution in [3.63, 3.8) is 0 Å². The van der Waals surface area contributed by atoms with E-state index in [-0.39, 0.29) is 12.2 Å². The number of nitrogens with one attached hydrogen (secondary N) is 2. The van der Waals surface area contributed by atoms with E-state index in [1.54, 1.807) is 31.6 Å². The van der Waals surface area contributed by atoms with Gasteiger partial charge in [0.2, 0.25) is 0 Å². The maximum atomic E-state index is 15.3. The normalized spacial score (nSPS) is 12.8. The minimum Gasteiger partial charge on any atom is -0.481 e. The Morgan fingerprint density at radius 3 is 2.83 bits per heavy atom. The summed E-state index contributed by atoms with van der Waals surface area (Å²) in [7, 11) is 1.58. The number of H-pyrrole nitrogens is 1. The monoisotopic (exact) mass is 494 g/mol. The molecular weight excluding hydrogens is 471 g/mol. The summed E-state index contributed by atoms with van der Waals surface area (Å²) in [6, 6.07) is 7.78. The van der Waals surface area contributed by atoms with E-state index in [2.05, 4.69) is 30.2 Å². The lowest BCUT2D eigenvalue weighted by Gasteiger charge is -2.34. The summed E-state index contributed by atoms with van der Waals surface area (Å²) in [5, 5.41) is 13.8. The standard InChI is InChI=1S/C25H24ClFN6O2/c1-25(2,19-6-4-5-7-29-19)20(10-21(34)35)32-24-18(27)8-14(11-28-3)22(33-24)17-13-31-23-16(17)9-15(26)12-30-23/h4-9,11-13,20H,10H2,1-3H3,(H,30,31)(H,32,33)(H,34,35)/b28-11-. The van der Waals surface area contributed by atoms with Crippen LogP contribution < -0.4 is 5.32 Å². The minimum atomic E-state index is -1.03. The highest BCUT2D eigenvalue weighted by atomic mass is 35.5. The van der Waals surface area contributed by atoms with Crippen LogP contribution in [0, 0.1) is 5.82 Å². The Hall–Kier alpha value is -3.85. The summed E-state index contributed by atoms with van der Waals surface area (Å²) in [6.07, 6.45) is 6.13. The smallest absolute Gasteiger partial charge is 0.305 e. The summed E-state index contributed by atoms with van der Waals surface area (Å²) < 4.78 is 15.3. The highest BCUT2D eigenvalue weighted by molar-refractivity contribution is 6.31. The lowest BCUT2D eigenvalue weighted by atomic mass is 9.79. The molecule has 0 amide bonds. The molecular formula is C25H24ClFN6O2. The molecule has 0 aliphatic carbocycles. The molecule has 1 atom stereocenters. The molecule has 4 heterocycles. The fraction of sp³-hybridized carbons (Fsp3) is 0.240. The number of aromatic amines is 1. The van der Waals surface area contributed by atoms with Crippen LogP contribution in [0.15, 0.2) is 53.9 Å². The number of fused-ring (bicyclic) bond motifs is 1. The van der Waals surface area contributed by atoms with Gasteiger partial charge < -0.3 is 15.4 Å². The van der Waals surface area contributed by atoms with Gasteiger partial charge in [-0.05, 0) is 24.3 Å². The maximum Gasteiger partial charge on any atom is 0.305 e. The third kappa shape index (κ3) is 5.00. The number of pyridine rings is 3. The highest BCUT2D eigenvalue weighted by Crippen LogP contribution is 2.34. The number of hydrogen-bond acceptors (Lipinski definition) is 6. The number of carboxylic acids is 1. The zero-order chi connectivity index (χ0) is 25.2. The van der Waals surface area contributed by atoms with Gasteiger partial charge in [0.25, 0.3) is 0 Å². The topological polar surface area (TPSA) is 116 Å². The van der Waals surface area contributed by atoms with E-state index >= 15 is 4.39 Å². The molecule has 0 saturated heterocycles. The predicted octanol–water partition coefficient (Wildman–Crippen LogP) is 5.09. The highest BCUT2D eigenvalue weighted by Gasteiger charge is 2.35. The third-order valence-corrected chi connectivity index (χ3v) is 6.12. The van der Waals surface area contributed by atoms with Gasteiger partial charge in [0.15, 0.2) is 11.6 Å². The molecule has 0 bridgehead atoms. The fourth-order valence-electron chi connectivity index (χ4n) is 3.98. The number of hydrogen-bond donors (Lipinski definition) is 3. The lowest BCUT2D eigenvalue weighted by Crippen LogP contribution is -2.42. The Bertz CT molecular complexity index is 1400. The van der Waals surface area contributed by atoms with E-state index in [9.17, 15) is 9.90 Å². The Labute approximate surface area is 206 Å². The van der Waals surface area contributed by atoms with E-state index in [4.69, 9.17) is 11.6 Å². The Balaban J connectivity index is 1.83. The summed E-state index contributed by atoms with van der Waals surface area (Å²) in [5.41, 5.74) is 2.08. The van der Waals surface area contributed by atoms with Crippen molar-refractivity contribution in [3.05, 3.63) is 71.0 Å². The molecule has 0 aliphatic heterocycles. The van der Waals surface area contributed by atoms with Crippen molar-refractivity contribution < 1.29 is 14.3 Å². The molecule has 0 spiro atoms. The van der Waals surface area contributed by atoms with Crippen LogP contribution in [0.4, 0.5) is 10.2 Å². The van der Waals surface area contributed by atoms with E-state index in [0.29, 0.717) is 38.6 Å². The van der Waals surface area contributed by atoms with Crippen molar-refractivity contribution in [2.75, 3.05) is 12.4 Å². The molecule has 0 radical (unpaired) electrons. The molecule has 10 heteroatoms. The van der Waals surface area contributed by atoms with Crippen molar-refractivity contribution in [1.29, 1.82) is 0 Å². The SMILES string of the molecule is C/N=C\c1cc(F)c(NC(CC(=O)O)C(C)(C)c2ccccn2)nc1-c1c[nH]c2ncc(Cl)cc12. The van der Waals surface area contributed by atoms with Crippen LogP contribution in [-0.4, -0.2) is 50.3 Å². The van der Waals surface area contributed by atoms with Crippen molar-refractivity contribution in [1.82, 2.24) is 19.9 Å². The van der Waals surface area contributed by atoms with Gasteiger partial charge in [-0.2, -0.15) is 0 Å². The van der Waals surface area contributed by atoms with Gasteiger partial charge in [0.1, 0.15) is 5.65 Å². The van der Waals surface area contributed by atoms with Crippen LogP contribution in [0.5, 0.6) is 0 Å². The average Bonchev–Trinajstić information content (AvgIpc) is 3.23. The van der Waals surface area contributed by atoms with E-state index < -0.39 is 23.2 Å². The molecule has 1 unspecified atom stereocenters. The number of aliphatic imine (C=N–C) groups is 1. The first kappa shape index (κ1) is 24.3. The first-order valence-electron chi connectivity index (χ1n) is 10.9. The van der Waals surface area contributed by atoms with Crippen molar-refractivity contribution >= 4 is 40.6 Å². The Morgan fingerprint density at radius 2 is 2.14 bits per heavy atom. The van der Waals surface area contributed by atoms with E-state index in [1.165, 1.54) is 18.5 Å². The van der Waals surface area contributed by atoms with Crippen LogP contribution in [0.3, 0.4) is 0 Å². The fourth-order valence-corrected chi connectivity index (χ4v) is 4.14. The summed E-state index contributed by atoms with van der Waals surface area (Å²) in [5.74, 6) is -1.74. The van der Waals surface area contributed by atoms with Crippen molar-refractivity contribution in [2.45, 2.75) is 31.7 Å². The number of carboxylic acid groups (broad SMARTS) is 1. The summed E-state index contributed by atoms with van der Waals surface area (Å²) in [4.78, 5) is 32.1. The van der Waals surface area contributed by atoms with E-state index in [1.807, 2.05) is 26.0 Å². The second-order valence-electron chi connectivity index (χ2n) is 8.63. The van der Waals surface area contributed by atoms with Gasteiger partial charge in [0, 0.05) is 65.5 Å². The Kier molecular flexibility index (Phi) is 6.79. The molecule has 8 nitrogen and oxygen atoms in total. The molecule has 0 saturated carbocycles.